The predicted octanol–water partition coefficient (Wildman–Crippen LogP) is 4.30. The van der Waals surface area contributed by atoms with Crippen LogP contribution >= 0.6 is 24.0 Å². The SMILES string of the molecule is CN=C(NCCc1cccc(OC)c1)NCc1ccc(COCC(F)(F)F)cc1.I. The highest BCUT2D eigenvalue weighted by Gasteiger charge is 2.27. The van der Waals surface area contributed by atoms with Crippen LogP contribution in [0.1, 0.15) is 16.7 Å². The molecule has 2 rings (SSSR count). The molecule has 0 spiro atoms. The van der Waals surface area contributed by atoms with Crippen molar-refractivity contribution >= 4 is 29.9 Å². The van der Waals surface area contributed by atoms with Crippen LogP contribution in [0.3, 0.4) is 0 Å². The normalized spacial score (nSPS) is 11.6. The summed E-state index contributed by atoms with van der Waals surface area (Å²) in [5.41, 5.74) is 2.84. The van der Waals surface area contributed by atoms with Gasteiger partial charge in [-0.3, -0.25) is 4.99 Å². The number of alkyl halides is 3. The largest absolute Gasteiger partial charge is 0.497 e. The number of halogens is 4. The average Bonchev–Trinajstić information content (AvgIpc) is 2.70. The second-order valence-corrected chi connectivity index (χ2v) is 6.38. The first-order valence-electron chi connectivity index (χ1n) is 9.19. The van der Waals surface area contributed by atoms with Crippen molar-refractivity contribution in [2.75, 3.05) is 27.3 Å². The Labute approximate surface area is 192 Å². The molecule has 0 fully saturated rings. The van der Waals surface area contributed by atoms with Crippen LogP contribution < -0.4 is 15.4 Å². The molecule has 2 N–H and O–H groups in total. The maximum absolute atomic E-state index is 12.1. The molecule has 2 aromatic carbocycles. The van der Waals surface area contributed by atoms with Gasteiger partial charge in [0.2, 0.25) is 0 Å². The van der Waals surface area contributed by atoms with Crippen molar-refractivity contribution < 1.29 is 22.6 Å². The molecule has 5 nitrogen and oxygen atoms in total. The third-order valence-corrected chi connectivity index (χ3v) is 4.08. The lowest BCUT2D eigenvalue weighted by Gasteiger charge is -2.13. The summed E-state index contributed by atoms with van der Waals surface area (Å²) in [5.74, 6) is 1.50. The Morgan fingerprint density at radius 2 is 1.70 bits per heavy atom. The van der Waals surface area contributed by atoms with Gasteiger partial charge in [-0.05, 0) is 35.2 Å². The van der Waals surface area contributed by atoms with Crippen molar-refractivity contribution in [2.45, 2.75) is 25.7 Å². The number of hydrogen-bond donors (Lipinski definition) is 2. The van der Waals surface area contributed by atoms with Gasteiger partial charge in [-0.15, -0.1) is 24.0 Å². The Hall–Kier alpha value is -2.01. The van der Waals surface area contributed by atoms with Crippen LogP contribution in [0.2, 0.25) is 0 Å². The van der Waals surface area contributed by atoms with Crippen molar-refractivity contribution in [3.05, 3.63) is 65.2 Å². The van der Waals surface area contributed by atoms with Gasteiger partial charge in [-0.2, -0.15) is 13.2 Å². The molecular formula is C21H27F3IN3O2. The van der Waals surface area contributed by atoms with Crippen molar-refractivity contribution in [2.24, 2.45) is 4.99 Å². The van der Waals surface area contributed by atoms with Crippen molar-refractivity contribution in [3.63, 3.8) is 0 Å². The van der Waals surface area contributed by atoms with Crippen molar-refractivity contribution in [1.29, 1.82) is 0 Å². The number of rotatable bonds is 9. The molecule has 0 aliphatic rings. The van der Waals surface area contributed by atoms with E-state index in [1.165, 1.54) is 0 Å². The smallest absolute Gasteiger partial charge is 0.411 e. The summed E-state index contributed by atoms with van der Waals surface area (Å²) in [6.07, 6.45) is -3.48. The standard InChI is InChI=1S/C21H26F3N3O2.HI/c1-25-20(26-11-10-16-4-3-5-19(12-16)28-2)27-13-17-6-8-18(9-7-17)14-29-15-21(22,23)24;/h3-9,12H,10-11,13-15H2,1-2H3,(H2,25,26,27);1H. The van der Waals surface area contributed by atoms with E-state index >= 15 is 0 Å². The summed E-state index contributed by atoms with van der Waals surface area (Å²) < 4.78 is 46.2. The first kappa shape index (κ1) is 26.0. The number of nitrogens with zero attached hydrogens (tertiary/aromatic N) is 1. The molecule has 2 aromatic rings. The maximum atomic E-state index is 12.1. The number of guanidine groups is 1. The molecule has 30 heavy (non-hydrogen) atoms. The van der Waals surface area contributed by atoms with Gasteiger partial charge in [0.15, 0.2) is 5.96 Å². The van der Waals surface area contributed by atoms with Gasteiger partial charge in [0, 0.05) is 20.1 Å². The minimum absolute atomic E-state index is 0. The Balaban J connectivity index is 0.00000450. The van der Waals surface area contributed by atoms with E-state index in [0.717, 1.165) is 23.3 Å². The third kappa shape index (κ3) is 10.1. The number of benzene rings is 2. The van der Waals surface area contributed by atoms with Crippen LogP contribution in [0.25, 0.3) is 0 Å². The minimum Gasteiger partial charge on any atom is -0.497 e. The van der Waals surface area contributed by atoms with Gasteiger partial charge in [-0.25, -0.2) is 0 Å². The van der Waals surface area contributed by atoms with E-state index in [9.17, 15) is 13.2 Å². The summed E-state index contributed by atoms with van der Waals surface area (Å²) in [4.78, 5) is 4.19. The zero-order chi connectivity index (χ0) is 21.1. The van der Waals surface area contributed by atoms with E-state index in [1.807, 2.05) is 36.4 Å². The fourth-order valence-electron chi connectivity index (χ4n) is 2.60. The highest BCUT2D eigenvalue weighted by atomic mass is 127. The van der Waals surface area contributed by atoms with Gasteiger partial charge in [0.05, 0.1) is 13.7 Å². The second-order valence-electron chi connectivity index (χ2n) is 6.38. The van der Waals surface area contributed by atoms with Crippen molar-refractivity contribution in [1.82, 2.24) is 10.6 Å². The number of aliphatic imine (C=N–C) groups is 1. The Bertz CT molecular complexity index is 784. The van der Waals surface area contributed by atoms with Crippen LogP contribution in [0.15, 0.2) is 53.5 Å². The zero-order valence-electron chi connectivity index (χ0n) is 17.0. The lowest BCUT2D eigenvalue weighted by atomic mass is 10.1. The zero-order valence-corrected chi connectivity index (χ0v) is 19.3. The summed E-state index contributed by atoms with van der Waals surface area (Å²) >= 11 is 0. The quantitative estimate of drug-likeness (QED) is 0.285. The third-order valence-electron chi connectivity index (χ3n) is 4.08. The first-order chi connectivity index (χ1) is 13.9. The fourth-order valence-corrected chi connectivity index (χ4v) is 2.60. The minimum atomic E-state index is -4.31. The van der Waals surface area contributed by atoms with E-state index in [4.69, 9.17) is 4.74 Å². The topological polar surface area (TPSA) is 54.9 Å². The summed E-state index contributed by atoms with van der Waals surface area (Å²) in [6.45, 7) is -0.0559. The highest BCUT2D eigenvalue weighted by molar-refractivity contribution is 14.0. The number of methoxy groups -OCH3 is 1. The maximum Gasteiger partial charge on any atom is 0.411 e. The fraction of sp³-hybridized carbons (Fsp3) is 0.381. The molecular weight excluding hydrogens is 510 g/mol. The Kier molecular flexibility index (Phi) is 11.6. The van der Waals surface area contributed by atoms with Gasteiger partial charge < -0.3 is 20.1 Å². The molecule has 0 amide bonds. The van der Waals surface area contributed by atoms with Gasteiger partial charge in [0.25, 0.3) is 0 Å². The van der Waals surface area contributed by atoms with E-state index in [-0.39, 0.29) is 30.6 Å². The van der Waals surface area contributed by atoms with Crippen LogP contribution in [-0.2, 0) is 24.3 Å². The van der Waals surface area contributed by atoms with Gasteiger partial charge in [-0.1, -0.05) is 36.4 Å². The molecule has 0 atom stereocenters. The number of hydrogen-bond acceptors (Lipinski definition) is 3. The molecule has 9 heteroatoms. The second kappa shape index (κ2) is 13.3. The highest BCUT2D eigenvalue weighted by Crippen LogP contribution is 2.16. The number of nitrogens with one attached hydrogen (secondary N) is 2. The first-order valence-corrected chi connectivity index (χ1v) is 9.19. The molecule has 0 heterocycles. The summed E-state index contributed by atoms with van der Waals surface area (Å²) in [7, 11) is 3.34. The van der Waals surface area contributed by atoms with Crippen LogP contribution in [0.5, 0.6) is 5.75 Å². The molecule has 0 aliphatic heterocycles. The van der Waals surface area contributed by atoms with E-state index in [1.54, 1.807) is 26.3 Å². The van der Waals surface area contributed by atoms with Gasteiger partial charge >= 0.3 is 6.18 Å². The Morgan fingerprint density at radius 3 is 2.33 bits per heavy atom. The lowest BCUT2D eigenvalue weighted by Crippen LogP contribution is -2.37. The monoisotopic (exact) mass is 537 g/mol. The molecule has 0 saturated carbocycles. The molecule has 0 radical (unpaired) electrons. The number of ether oxygens (including phenoxy) is 2. The van der Waals surface area contributed by atoms with E-state index < -0.39 is 12.8 Å². The molecule has 0 aliphatic carbocycles. The summed E-state index contributed by atoms with van der Waals surface area (Å²) in [5, 5.41) is 6.46. The average molecular weight is 537 g/mol. The van der Waals surface area contributed by atoms with Gasteiger partial charge in [0.1, 0.15) is 12.4 Å². The predicted molar refractivity (Wildman–Crippen MR) is 122 cm³/mol. The molecule has 0 saturated heterocycles. The van der Waals surface area contributed by atoms with Crippen LogP contribution in [-0.4, -0.2) is 39.4 Å². The van der Waals surface area contributed by atoms with Crippen LogP contribution in [0, 0.1) is 0 Å². The van der Waals surface area contributed by atoms with Crippen molar-refractivity contribution in [3.8, 4) is 5.75 Å². The molecule has 0 unspecified atom stereocenters. The Morgan fingerprint density at radius 1 is 1.00 bits per heavy atom. The summed E-state index contributed by atoms with van der Waals surface area (Å²) in [6, 6.07) is 15.1. The van der Waals surface area contributed by atoms with E-state index in [2.05, 4.69) is 20.4 Å². The molecule has 0 bridgehead atoms. The molecule has 166 valence electrons. The molecule has 0 aromatic heterocycles. The van der Waals surface area contributed by atoms with E-state index in [0.29, 0.717) is 24.6 Å². The van der Waals surface area contributed by atoms with Crippen LogP contribution in [0.4, 0.5) is 13.2 Å². The lowest BCUT2D eigenvalue weighted by molar-refractivity contribution is -0.176.